The molecule has 0 spiro atoms. The summed E-state index contributed by atoms with van der Waals surface area (Å²) >= 11 is 0. The van der Waals surface area contributed by atoms with Crippen LogP contribution in [0.25, 0.3) is 0 Å². The van der Waals surface area contributed by atoms with Crippen LogP contribution < -0.4 is 35.0 Å². The number of hydrogen-bond donors (Lipinski definition) is 1. The van der Waals surface area contributed by atoms with Gasteiger partial charge in [0.25, 0.3) is 0 Å². The van der Waals surface area contributed by atoms with Gasteiger partial charge in [0, 0.05) is 5.56 Å². The molecule has 0 radical (unpaired) electrons. The molecule has 0 aliphatic heterocycles. The van der Waals surface area contributed by atoms with Crippen molar-refractivity contribution in [2.45, 2.75) is 0 Å². The van der Waals surface area contributed by atoms with E-state index in [0.717, 1.165) is 0 Å². The average molecular weight is 326 g/mol. The molecule has 0 fully saturated rings. The van der Waals surface area contributed by atoms with Crippen LogP contribution >= 0.6 is 0 Å². The molecule has 0 atom stereocenters. The van der Waals surface area contributed by atoms with Crippen molar-refractivity contribution >= 4 is 26.6 Å². The minimum atomic E-state index is -4.99. The van der Waals surface area contributed by atoms with Crippen LogP contribution in [0.2, 0.25) is 0 Å². The van der Waals surface area contributed by atoms with Gasteiger partial charge >= 0.3 is 29.6 Å². The molecule has 2 aromatic rings. The Morgan fingerprint density at radius 2 is 1.45 bits per heavy atom. The van der Waals surface area contributed by atoms with Crippen molar-refractivity contribution in [3.8, 4) is 0 Å². The van der Waals surface area contributed by atoms with E-state index in [4.69, 9.17) is 0 Å². The molecule has 0 aliphatic rings. The molecule has 0 amide bonds. The third kappa shape index (κ3) is 5.04. The number of carbonyl (C=O) groups is 1. The molecule has 1 N–H and O–H groups in total. The summed E-state index contributed by atoms with van der Waals surface area (Å²) in [5, 5.41) is 2.39. The first-order chi connectivity index (χ1) is 9.98. The second kappa shape index (κ2) is 8.21. The van der Waals surface area contributed by atoms with Crippen molar-refractivity contribution < 1.29 is 47.3 Å². The fourth-order valence-corrected chi connectivity index (χ4v) is 2.06. The number of hydrazone groups is 1. The van der Waals surface area contributed by atoms with Crippen molar-refractivity contribution in [2.75, 3.05) is 5.43 Å². The van der Waals surface area contributed by atoms with Gasteiger partial charge in [0.15, 0.2) is 0 Å². The summed E-state index contributed by atoms with van der Waals surface area (Å²) in [6.07, 6.45) is 0. The van der Waals surface area contributed by atoms with E-state index in [1.807, 2.05) is 0 Å². The van der Waals surface area contributed by atoms with Gasteiger partial charge in [-0.05, 0) is 12.1 Å². The molecule has 0 unspecified atom stereocenters. The molecule has 0 aliphatic carbocycles. The van der Waals surface area contributed by atoms with Crippen LogP contribution in [-0.4, -0.2) is 23.8 Å². The average Bonchev–Trinajstić information content (AvgIpc) is 2.48. The van der Waals surface area contributed by atoms with Crippen LogP contribution in [-0.2, 0) is 10.1 Å². The molecule has 0 heterocycles. The summed E-state index contributed by atoms with van der Waals surface area (Å²) < 4.78 is 33.7. The number of hydrogen-bond acceptors (Lipinski definition) is 6. The number of benzene rings is 2. The molecule has 108 valence electrons. The van der Waals surface area contributed by atoms with E-state index in [9.17, 15) is 17.8 Å². The SMILES string of the molecule is O=C(C(=NNc1ccccc1)S(=O)(=O)[O-])c1ccccc1.[Na+]. The quantitative estimate of drug-likeness (QED) is 0.191. The molecule has 6 nitrogen and oxygen atoms in total. The maximum atomic E-state index is 12.1. The van der Waals surface area contributed by atoms with Gasteiger partial charge in [0.1, 0.15) is 10.1 Å². The zero-order valence-electron chi connectivity index (χ0n) is 11.8. The topological polar surface area (TPSA) is 98.7 Å². The molecular weight excluding hydrogens is 315 g/mol. The van der Waals surface area contributed by atoms with Crippen LogP contribution in [0.15, 0.2) is 65.8 Å². The van der Waals surface area contributed by atoms with E-state index in [1.165, 1.54) is 12.1 Å². The first-order valence-electron chi connectivity index (χ1n) is 5.93. The van der Waals surface area contributed by atoms with Crippen molar-refractivity contribution in [3.63, 3.8) is 0 Å². The van der Waals surface area contributed by atoms with Gasteiger partial charge in [-0.1, -0.05) is 48.5 Å². The van der Waals surface area contributed by atoms with Crippen LogP contribution in [0.4, 0.5) is 5.69 Å². The molecule has 2 rings (SSSR count). The van der Waals surface area contributed by atoms with Crippen LogP contribution in [0.5, 0.6) is 0 Å². The minimum Gasteiger partial charge on any atom is -0.743 e. The number of ketones is 1. The molecule has 0 bridgehead atoms. The van der Waals surface area contributed by atoms with E-state index < -0.39 is 20.9 Å². The number of para-hydroxylation sites is 1. The first kappa shape index (κ1) is 18.5. The Bertz CT molecular complexity index is 762. The molecule has 0 saturated carbocycles. The van der Waals surface area contributed by atoms with E-state index in [0.29, 0.717) is 5.69 Å². The number of anilines is 1. The summed E-state index contributed by atoms with van der Waals surface area (Å²) in [7, 11) is -4.99. The summed E-state index contributed by atoms with van der Waals surface area (Å²) in [6, 6.07) is 16.0. The van der Waals surface area contributed by atoms with E-state index >= 15 is 0 Å². The predicted molar refractivity (Wildman–Crippen MR) is 78.0 cm³/mol. The van der Waals surface area contributed by atoms with E-state index in [-0.39, 0.29) is 35.1 Å². The van der Waals surface area contributed by atoms with Crippen molar-refractivity contribution in [1.82, 2.24) is 0 Å². The fourth-order valence-electron chi connectivity index (χ4n) is 1.56. The van der Waals surface area contributed by atoms with Gasteiger partial charge in [0.05, 0.1) is 5.69 Å². The van der Waals surface area contributed by atoms with E-state index in [1.54, 1.807) is 48.5 Å². The monoisotopic (exact) mass is 326 g/mol. The van der Waals surface area contributed by atoms with Crippen molar-refractivity contribution in [3.05, 3.63) is 66.2 Å². The summed E-state index contributed by atoms with van der Waals surface area (Å²) in [4.78, 5) is 12.1. The number of Topliss-reactive ketones (excluding diaryl/α,β-unsaturated/α-hetero) is 1. The smallest absolute Gasteiger partial charge is 0.743 e. The predicted octanol–water partition coefficient (Wildman–Crippen LogP) is -1.16. The summed E-state index contributed by atoms with van der Waals surface area (Å²) in [5.74, 6) is -0.950. The summed E-state index contributed by atoms with van der Waals surface area (Å²) in [5.41, 5.74) is 2.92. The number of nitrogens with one attached hydrogen (secondary N) is 1. The van der Waals surface area contributed by atoms with Gasteiger partial charge in [-0.15, -0.1) is 0 Å². The Morgan fingerprint density at radius 3 is 1.95 bits per heavy atom. The second-order valence-electron chi connectivity index (χ2n) is 4.04. The summed E-state index contributed by atoms with van der Waals surface area (Å²) in [6.45, 7) is 0. The Morgan fingerprint density at radius 1 is 0.955 bits per heavy atom. The third-order valence-electron chi connectivity index (χ3n) is 2.53. The van der Waals surface area contributed by atoms with Crippen molar-refractivity contribution in [2.24, 2.45) is 5.10 Å². The Hall–Kier alpha value is -1.51. The zero-order chi connectivity index (χ0) is 15.3. The fraction of sp³-hybridized carbons (Fsp3) is 0. The maximum Gasteiger partial charge on any atom is 1.00 e. The first-order valence-corrected chi connectivity index (χ1v) is 7.34. The maximum absolute atomic E-state index is 12.1. The Balaban J connectivity index is 0.00000242. The van der Waals surface area contributed by atoms with Crippen molar-refractivity contribution in [1.29, 1.82) is 0 Å². The largest absolute Gasteiger partial charge is 1.00 e. The normalized spacial score (nSPS) is 11.4. The van der Waals surface area contributed by atoms with Gasteiger partial charge < -0.3 is 4.55 Å². The Labute approximate surface area is 150 Å². The molecule has 8 heteroatoms. The van der Waals surface area contributed by atoms with Crippen LogP contribution in [0, 0.1) is 0 Å². The number of nitrogens with zero attached hydrogens (tertiary/aromatic N) is 1. The Kier molecular flexibility index (Phi) is 6.92. The number of rotatable bonds is 4. The van der Waals surface area contributed by atoms with Gasteiger partial charge in [-0.2, -0.15) is 5.10 Å². The minimum absolute atomic E-state index is 0. The zero-order valence-corrected chi connectivity index (χ0v) is 14.6. The molecule has 0 saturated heterocycles. The second-order valence-corrected chi connectivity index (χ2v) is 5.34. The molecule has 0 aromatic heterocycles. The van der Waals surface area contributed by atoms with Crippen LogP contribution in [0.1, 0.15) is 10.4 Å². The molecular formula is C14H11N2NaO4S. The number of carbonyl (C=O) groups excluding carboxylic acids is 1. The van der Waals surface area contributed by atoms with Gasteiger partial charge in [-0.25, -0.2) is 8.42 Å². The molecule has 2 aromatic carbocycles. The standard InChI is InChI=1S/C14H12N2O4S.Na/c17-13(11-7-3-1-4-8-11)14(21(18,19)20)16-15-12-9-5-2-6-10-12;/h1-10,15H,(H,18,19,20);/q;+1/p-1. The van der Waals surface area contributed by atoms with E-state index in [2.05, 4.69) is 10.5 Å². The molecule has 22 heavy (non-hydrogen) atoms. The van der Waals surface area contributed by atoms with Gasteiger partial charge in [0.2, 0.25) is 10.8 Å². The van der Waals surface area contributed by atoms with Crippen LogP contribution in [0.3, 0.4) is 0 Å². The third-order valence-corrected chi connectivity index (χ3v) is 3.28. The van der Waals surface area contributed by atoms with Gasteiger partial charge in [-0.3, -0.25) is 10.2 Å².